The SMILES string of the molecule is CCc1ccc(CC)c(C(O)CC)c1. The predicted octanol–water partition coefficient (Wildman–Crippen LogP) is 3.25. The monoisotopic (exact) mass is 192 g/mol. The van der Waals surface area contributed by atoms with Gasteiger partial charge in [0.1, 0.15) is 0 Å². The van der Waals surface area contributed by atoms with E-state index in [0.717, 1.165) is 24.8 Å². The van der Waals surface area contributed by atoms with Gasteiger partial charge in [-0.2, -0.15) is 0 Å². The van der Waals surface area contributed by atoms with Crippen molar-refractivity contribution in [2.45, 2.75) is 46.1 Å². The van der Waals surface area contributed by atoms with Crippen LogP contribution in [0.1, 0.15) is 50.0 Å². The third-order valence-corrected chi connectivity index (χ3v) is 2.75. The van der Waals surface area contributed by atoms with E-state index in [2.05, 4.69) is 32.0 Å². The van der Waals surface area contributed by atoms with Crippen molar-refractivity contribution in [3.8, 4) is 0 Å². The molecule has 1 N–H and O–H groups in total. The average molecular weight is 192 g/mol. The summed E-state index contributed by atoms with van der Waals surface area (Å²) in [6.45, 7) is 6.29. The van der Waals surface area contributed by atoms with Crippen LogP contribution in [0.2, 0.25) is 0 Å². The van der Waals surface area contributed by atoms with Crippen LogP contribution in [0.4, 0.5) is 0 Å². The summed E-state index contributed by atoms with van der Waals surface area (Å²) >= 11 is 0. The molecule has 1 rings (SSSR count). The Bertz CT molecular complexity index is 291. The van der Waals surface area contributed by atoms with Crippen molar-refractivity contribution >= 4 is 0 Å². The van der Waals surface area contributed by atoms with E-state index in [4.69, 9.17) is 0 Å². The van der Waals surface area contributed by atoms with Crippen LogP contribution in [-0.2, 0) is 12.8 Å². The second kappa shape index (κ2) is 5.16. The molecular formula is C13H20O. The number of aliphatic hydroxyl groups excluding tert-OH is 1. The Morgan fingerprint density at radius 1 is 1.14 bits per heavy atom. The molecule has 1 heteroatoms. The van der Waals surface area contributed by atoms with Crippen molar-refractivity contribution < 1.29 is 5.11 Å². The lowest BCUT2D eigenvalue weighted by Gasteiger charge is -2.14. The molecule has 0 bridgehead atoms. The maximum absolute atomic E-state index is 9.86. The molecule has 14 heavy (non-hydrogen) atoms. The third kappa shape index (κ3) is 2.36. The van der Waals surface area contributed by atoms with E-state index in [0.29, 0.717) is 0 Å². The molecule has 1 atom stereocenters. The summed E-state index contributed by atoms with van der Waals surface area (Å²) in [6, 6.07) is 6.45. The highest BCUT2D eigenvalue weighted by atomic mass is 16.3. The molecule has 0 aliphatic rings. The minimum Gasteiger partial charge on any atom is -0.388 e. The van der Waals surface area contributed by atoms with Gasteiger partial charge in [-0.3, -0.25) is 0 Å². The zero-order chi connectivity index (χ0) is 10.6. The Kier molecular flexibility index (Phi) is 4.15. The largest absolute Gasteiger partial charge is 0.388 e. The van der Waals surface area contributed by atoms with Crippen LogP contribution in [0.3, 0.4) is 0 Å². The summed E-state index contributed by atoms with van der Waals surface area (Å²) < 4.78 is 0. The molecular weight excluding hydrogens is 172 g/mol. The summed E-state index contributed by atoms with van der Waals surface area (Å²) in [4.78, 5) is 0. The quantitative estimate of drug-likeness (QED) is 0.776. The van der Waals surface area contributed by atoms with Crippen molar-refractivity contribution in [2.75, 3.05) is 0 Å². The maximum Gasteiger partial charge on any atom is 0.0790 e. The summed E-state index contributed by atoms with van der Waals surface area (Å²) in [7, 11) is 0. The minimum absolute atomic E-state index is 0.295. The molecule has 0 fully saturated rings. The zero-order valence-electron chi connectivity index (χ0n) is 9.38. The lowest BCUT2D eigenvalue weighted by molar-refractivity contribution is 0.172. The summed E-state index contributed by atoms with van der Waals surface area (Å²) in [5, 5.41) is 9.86. The number of aryl methyl sites for hydroxylation is 2. The van der Waals surface area contributed by atoms with Crippen LogP contribution in [0.5, 0.6) is 0 Å². The first kappa shape index (κ1) is 11.3. The average Bonchev–Trinajstić information content (AvgIpc) is 2.27. The standard InChI is InChI=1S/C13H20O/c1-4-10-7-8-11(5-2)12(9-10)13(14)6-3/h7-9,13-14H,4-6H2,1-3H3. The van der Waals surface area contributed by atoms with Crippen LogP contribution < -0.4 is 0 Å². The highest BCUT2D eigenvalue weighted by Gasteiger charge is 2.09. The van der Waals surface area contributed by atoms with Gasteiger partial charge in [0.15, 0.2) is 0 Å². The molecule has 0 saturated heterocycles. The molecule has 0 radical (unpaired) electrons. The van der Waals surface area contributed by atoms with Crippen LogP contribution in [0, 0.1) is 0 Å². The second-order valence-corrected chi connectivity index (χ2v) is 3.66. The molecule has 0 spiro atoms. The number of hydrogen-bond donors (Lipinski definition) is 1. The lowest BCUT2D eigenvalue weighted by Crippen LogP contribution is -2.01. The van der Waals surface area contributed by atoms with E-state index in [1.54, 1.807) is 0 Å². The van der Waals surface area contributed by atoms with Gasteiger partial charge < -0.3 is 5.11 Å². The van der Waals surface area contributed by atoms with Gasteiger partial charge in [0, 0.05) is 0 Å². The molecule has 0 heterocycles. The number of hydrogen-bond acceptors (Lipinski definition) is 1. The van der Waals surface area contributed by atoms with Crippen LogP contribution in [-0.4, -0.2) is 5.11 Å². The fraction of sp³-hybridized carbons (Fsp3) is 0.538. The molecule has 1 unspecified atom stereocenters. The Morgan fingerprint density at radius 3 is 2.36 bits per heavy atom. The van der Waals surface area contributed by atoms with E-state index in [-0.39, 0.29) is 6.10 Å². The fourth-order valence-electron chi connectivity index (χ4n) is 1.72. The molecule has 0 saturated carbocycles. The maximum atomic E-state index is 9.86. The molecule has 1 nitrogen and oxygen atoms in total. The van der Waals surface area contributed by atoms with Crippen LogP contribution >= 0.6 is 0 Å². The zero-order valence-corrected chi connectivity index (χ0v) is 9.38. The molecule has 1 aromatic rings. The smallest absolute Gasteiger partial charge is 0.0790 e. The van der Waals surface area contributed by atoms with Crippen molar-refractivity contribution in [1.29, 1.82) is 0 Å². The summed E-state index contributed by atoms with van der Waals surface area (Å²) in [6.07, 6.45) is 2.53. The predicted molar refractivity (Wildman–Crippen MR) is 60.4 cm³/mol. The van der Waals surface area contributed by atoms with Gasteiger partial charge in [-0.05, 0) is 36.0 Å². The number of rotatable bonds is 4. The first-order valence-electron chi connectivity index (χ1n) is 5.52. The number of benzene rings is 1. The molecule has 0 aliphatic heterocycles. The molecule has 0 amide bonds. The van der Waals surface area contributed by atoms with E-state index in [1.165, 1.54) is 11.1 Å². The Labute approximate surface area is 86.8 Å². The molecule has 0 aliphatic carbocycles. The first-order valence-corrected chi connectivity index (χ1v) is 5.52. The Hall–Kier alpha value is -0.820. The molecule has 0 aromatic heterocycles. The van der Waals surface area contributed by atoms with Gasteiger partial charge in [0.25, 0.3) is 0 Å². The molecule has 78 valence electrons. The summed E-state index contributed by atoms with van der Waals surface area (Å²) in [5.74, 6) is 0. The van der Waals surface area contributed by atoms with Crippen LogP contribution in [0.15, 0.2) is 18.2 Å². The van der Waals surface area contributed by atoms with E-state index in [1.807, 2.05) is 6.92 Å². The highest BCUT2D eigenvalue weighted by molar-refractivity contribution is 5.33. The topological polar surface area (TPSA) is 20.2 Å². The van der Waals surface area contributed by atoms with Gasteiger partial charge >= 0.3 is 0 Å². The van der Waals surface area contributed by atoms with Gasteiger partial charge in [-0.25, -0.2) is 0 Å². The normalized spacial score (nSPS) is 12.9. The lowest BCUT2D eigenvalue weighted by atomic mass is 9.96. The Balaban J connectivity index is 3.08. The van der Waals surface area contributed by atoms with Crippen LogP contribution in [0.25, 0.3) is 0 Å². The summed E-state index contributed by atoms with van der Waals surface area (Å²) in [5.41, 5.74) is 3.70. The van der Waals surface area contributed by atoms with E-state index in [9.17, 15) is 5.11 Å². The van der Waals surface area contributed by atoms with E-state index < -0.39 is 0 Å². The number of aliphatic hydroxyl groups is 1. The van der Waals surface area contributed by atoms with Crippen molar-refractivity contribution in [2.24, 2.45) is 0 Å². The van der Waals surface area contributed by atoms with Gasteiger partial charge in [0.05, 0.1) is 6.10 Å². The second-order valence-electron chi connectivity index (χ2n) is 3.66. The fourth-order valence-corrected chi connectivity index (χ4v) is 1.72. The van der Waals surface area contributed by atoms with Gasteiger partial charge in [0.2, 0.25) is 0 Å². The molecule has 1 aromatic carbocycles. The van der Waals surface area contributed by atoms with Crippen molar-refractivity contribution in [1.82, 2.24) is 0 Å². The highest BCUT2D eigenvalue weighted by Crippen LogP contribution is 2.23. The van der Waals surface area contributed by atoms with Gasteiger partial charge in [-0.1, -0.05) is 39.0 Å². The first-order chi connectivity index (χ1) is 6.72. The van der Waals surface area contributed by atoms with Crippen molar-refractivity contribution in [3.63, 3.8) is 0 Å². The third-order valence-electron chi connectivity index (χ3n) is 2.75. The minimum atomic E-state index is -0.295. The Morgan fingerprint density at radius 2 is 1.86 bits per heavy atom. The van der Waals surface area contributed by atoms with E-state index >= 15 is 0 Å². The van der Waals surface area contributed by atoms with Crippen molar-refractivity contribution in [3.05, 3.63) is 34.9 Å². The van der Waals surface area contributed by atoms with Gasteiger partial charge in [-0.15, -0.1) is 0 Å².